The van der Waals surface area contributed by atoms with Gasteiger partial charge in [0.25, 0.3) is 0 Å². The van der Waals surface area contributed by atoms with Gasteiger partial charge in [-0.2, -0.15) is 11.8 Å². The summed E-state index contributed by atoms with van der Waals surface area (Å²) in [5, 5.41) is 3.82. The van der Waals surface area contributed by atoms with Crippen molar-refractivity contribution in [3.63, 3.8) is 0 Å². The summed E-state index contributed by atoms with van der Waals surface area (Å²) in [5.74, 6) is 1.89. The van der Waals surface area contributed by atoms with E-state index in [2.05, 4.69) is 44.1 Å². The van der Waals surface area contributed by atoms with E-state index < -0.39 is 0 Å². The number of rotatable bonds is 5. The van der Waals surface area contributed by atoms with Crippen LogP contribution in [0.2, 0.25) is 0 Å². The lowest BCUT2D eigenvalue weighted by atomic mass is 9.70. The molecule has 0 saturated heterocycles. The van der Waals surface area contributed by atoms with Crippen LogP contribution in [0.5, 0.6) is 0 Å². The Labute approximate surface area is 131 Å². The maximum atomic E-state index is 3.82. The van der Waals surface area contributed by atoms with Crippen LogP contribution in [0.15, 0.2) is 0 Å². The molecule has 0 aromatic heterocycles. The molecule has 0 bridgehead atoms. The molecule has 1 nitrogen and oxygen atoms in total. The lowest BCUT2D eigenvalue weighted by molar-refractivity contribution is 0.149. The normalized spacial score (nSPS) is 30.6. The van der Waals surface area contributed by atoms with Crippen LogP contribution in [0.4, 0.5) is 0 Å². The van der Waals surface area contributed by atoms with Gasteiger partial charge in [0.05, 0.1) is 0 Å². The second-order valence-corrected chi connectivity index (χ2v) is 9.58. The molecule has 0 aliphatic heterocycles. The van der Waals surface area contributed by atoms with Crippen LogP contribution in [0.3, 0.4) is 0 Å². The molecule has 1 N–H and O–H groups in total. The number of hydrogen-bond acceptors (Lipinski definition) is 2. The van der Waals surface area contributed by atoms with Gasteiger partial charge in [0.15, 0.2) is 0 Å². The zero-order chi connectivity index (χ0) is 14.6. The largest absolute Gasteiger partial charge is 0.315 e. The first-order valence-corrected chi connectivity index (χ1v) is 9.93. The Morgan fingerprint density at radius 1 is 1.05 bits per heavy atom. The van der Waals surface area contributed by atoms with Crippen molar-refractivity contribution in [2.75, 3.05) is 19.3 Å². The van der Waals surface area contributed by atoms with Gasteiger partial charge in [-0.3, -0.25) is 0 Å². The SMILES string of the molecule is CSC1(CNCC2CCC(C(C)(C)C)CC2)CCCC1. The van der Waals surface area contributed by atoms with E-state index in [0.717, 1.165) is 11.8 Å². The highest BCUT2D eigenvalue weighted by molar-refractivity contribution is 8.00. The lowest BCUT2D eigenvalue weighted by Crippen LogP contribution is -2.38. The van der Waals surface area contributed by atoms with Crippen LogP contribution in [0.25, 0.3) is 0 Å². The predicted octanol–water partition coefficient (Wildman–Crippen LogP) is 5.10. The molecule has 0 heterocycles. The average molecular weight is 298 g/mol. The summed E-state index contributed by atoms with van der Waals surface area (Å²) in [6.07, 6.45) is 13.8. The molecule has 0 aromatic carbocycles. The summed E-state index contributed by atoms with van der Waals surface area (Å²) in [7, 11) is 0. The second kappa shape index (κ2) is 7.05. The van der Waals surface area contributed by atoms with Crippen molar-refractivity contribution in [3.05, 3.63) is 0 Å². The van der Waals surface area contributed by atoms with Crippen LogP contribution in [-0.2, 0) is 0 Å². The van der Waals surface area contributed by atoms with Crippen molar-refractivity contribution in [2.24, 2.45) is 17.3 Å². The van der Waals surface area contributed by atoms with Gasteiger partial charge in [0, 0.05) is 11.3 Å². The molecule has 2 fully saturated rings. The monoisotopic (exact) mass is 297 g/mol. The van der Waals surface area contributed by atoms with Crippen LogP contribution >= 0.6 is 11.8 Å². The van der Waals surface area contributed by atoms with Crippen LogP contribution in [0, 0.1) is 17.3 Å². The molecule has 2 rings (SSSR count). The van der Waals surface area contributed by atoms with Gasteiger partial charge < -0.3 is 5.32 Å². The summed E-state index contributed by atoms with van der Waals surface area (Å²) in [5.41, 5.74) is 0.519. The van der Waals surface area contributed by atoms with E-state index in [0.29, 0.717) is 10.2 Å². The van der Waals surface area contributed by atoms with E-state index in [1.165, 1.54) is 64.5 Å². The Morgan fingerprint density at radius 3 is 2.15 bits per heavy atom. The minimum absolute atomic E-state index is 0.519. The topological polar surface area (TPSA) is 12.0 Å². The molecule has 0 unspecified atom stereocenters. The van der Waals surface area contributed by atoms with Gasteiger partial charge in [-0.05, 0) is 68.6 Å². The van der Waals surface area contributed by atoms with E-state index in [1.54, 1.807) is 0 Å². The fourth-order valence-electron chi connectivity index (χ4n) is 4.21. The van der Waals surface area contributed by atoms with Crippen molar-refractivity contribution in [2.45, 2.75) is 76.9 Å². The molecule has 2 saturated carbocycles. The summed E-state index contributed by atoms with van der Waals surface area (Å²) >= 11 is 2.11. The Kier molecular flexibility index (Phi) is 5.88. The van der Waals surface area contributed by atoms with Crippen molar-refractivity contribution < 1.29 is 0 Å². The zero-order valence-electron chi connectivity index (χ0n) is 14.1. The van der Waals surface area contributed by atoms with Crippen LogP contribution < -0.4 is 5.32 Å². The van der Waals surface area contributed by atoms with Gasteiger partial charge >= 0.3 is 0 Å². The van der Waals surface area contributed by atoms with Crippen molar-refractivity contribution in [3.8, 4) is 0 Å². The summed E-state index contributed by atoms with van der Waals surface area (Å²) in [6.45, 7) is 9.75. The molecule has 0 radical (unpaired) electrons. The zero-order valence-corrected chi connectivity index (χ0v) is 15.0. The average Bonchev–Trinajstić information content (AvgIpc) is 2.88. The van der Waals surface area contributed by atoms with Crippen molar-refractivity contribution in [1.82, 2.24) is 5.32 Å². The summed E-state index contributed by atoms with van der Waals surface area (Å²) in [6, 6.07) is 0. The number of hydrogen-bond donors (Lipinski definition) is 1. The van der Waals surface area contributed by atoms with Crippen molar-refractivity contribution in [1.29, 1.82) is 0 Å². The number of nitrogens with one attached hydrogen (secondary N) is 1. The highest BCUT2D eigenvalue weighted by Gasteiger charge is 2.33. The molecule has 20 heavy (non-hydrogen) atoms. The maximum Gasteiger partial charge on any atom is 0.0281 e. The third kappa shape index (κ3) is 4.40. The molecule has 0 spiro atoms. The van der Waals surface area contributed by atoms with Gasteiger partial charge in [-0.25, -0.2) is 0 Å². The molecule has 0 aromatic rings. The van der Waals surface area contributed by atoms with Gasteiger partial charge in [-0.15, -0.1) is 0 Å². The van der Waals surface area contributed by atoms with Gasteiger partial charge in [0.2, 0.25) is 0 Å². The molecule has 2 heteroatoms. The Morgan fingerprint density at radius 2 is 1.65 bits per heavy atom. The smallest absolute Gasteiger partial charge is 0.0281 e. The fraction of sp³-hybridized carbons (Fsp3) is 1.00. The molecule has 2 aliphatic carbocycles. The highest BCUT2D eigenvalue weighted by Crippen LogP contribution is 2.41. The maximum absolute atomic E-state index is 3.82. The van der Waals surface area contributed by atoms with Crippen LogP contribution in [0.1, 0.15) is 72.1 Å². The standard InChI is InChI=1S/C18H35NS/c1-17(2,3)16-9-7-15(8-10-16)13-19-14-18(20-4)11-5-6-12-18/h15-16,19H,5-14H2,1-4H3. The van der Waals surface area contributed by atoms with Gasteiger partial charge in [0.1, 0.15) is 0 Å². The minimum atomic E-state index is 0.519. The predicted molar refractivity (Wildman–Crippen MR) is 92.5 cm³/mol. The minimum Gasteiger partial charge on any atom is -0.315 e. The van der Waals surface area contributed by atoms with Crippen molar-refractivity contribution >= 4 is 11.8 Å². The quantitative estimate of drug-likeness (QED) is 0.757. The van der Waals surface area contributed by atoms with E-state index in [1.807, 2.05) is 0 Å². The third-order valence-electron chi connectivity index (χ3n) is 5.90. The van der Waals surface area contributed by atoms with E-state index in [9.17, 15) is 0 Å². The first kappa shape index (κ1) is 16.7. The molecule has 0 atom stereocenters. The first-order valence-electron chi connectivity index (χ1n) is 8.71. The third-order valence-corrected chi connectivity index (χ3v) is 7.32. The highest BCUT2D eigenvalue weighted by atomic mass is 32.2. The second-order valence-electron chi connectivity index (χ2n) is 8.31. The fourth-order valence-corrected chi connectivity index (χ4v) is 5.15. The Bertz CT molecular complexity index is 280. The molecular formula is C18H35NS. The van der Waals surface area contributed by atoms with E-state index in [4.69, 9.17) is 0 Å². The molecule has 0 amide bonds. The Hall–Kier alpha value is 0.310. The summed E-state index contributed by atoms with van der Waals surface area (Å²) in [4.78, 5) is 0. The molecule has 118 valence electrons. The van der Waals surface area contributed by atoms with E-state index in [-0.39, 0.29) is 0 Å². The lowest BCUT2D eigenvalue weighted by Gasteiger charge is -2.37. The molecular weight excluding hydrogens is 262 g/mol. The first-order chi connectivity index (χ1) is 9.45. The molecule has 2 aliphatic rings. The van der Waals surface area contributed by atoms with Gasteiger partial charge in [-0.1, -0.05) is 33.6 Å². The summed E-state index contributed by atoms with van der Waals surface area (Å²) < 4.78 is 0.572. The van der Waals surface area contributed by atoms with Crippen LogP contribution in [-0.4, -0.2) is 24.1 Å². The Balaban J connectivity index is 1.66. The van der Waals surface area contributed by atoms with E-state index >= 15 is 0 Å². The number of thioether (sulfide) groups is 1.